The number of rotatable bonds is 5. The molecule has 0 amide bonds. The molecule has 1 heterocycles. The van der Waals surface area contributed by atoms with Crippen molar-refractivity contribution in [3.63, 3.8) is 0 Å². The first-order valence-electron chi connectivity index (χ1n) is 7.18. The molecular weight excluding hydrogens is 288 g/mol. The molecule has 0 aromatic heterocycles. The minimum atomic E-state index is -1.26. The first-order valence-corrected chi connectivity index (χ1v) is 7.18. The molecule has 1 saturated heterocycles. The Bertz CT molecular complexity index is 514. The van der Waals surface area contributed by atoms with Gasteiger partial charge in [-0.25, -0.2) is 0 Å². The third kappa shape index (κ3) is 3.82. The van der Waals surface area contributed by atoms with Crippen LogP contribution in [0.5, 0.6) is 0 Å². The Morgan fingerprint density at radius 1 is 1.36 bits per heavy atom. The minimum absolute atomic E-state index is 0.0445. The largest absolute Gasteiger partial charge is 0.465 e. The fourth-order valence-corrected chi connectivity index (χ4v) is 2.94. The Morgan fingerprint density at radius 3 is 2.50 bits per heavy atom. The molecule has 2 unspecified atom stereocenters. The molecular formula is C13H22N6O3. The maximum Gasteiger partial charge on any atom is 0.302 e. The number of carbonyl (C=O) groups is 1. The van der Waals surface area contributed by atoms with Crippen LogP contribution in [-0.2, 0) is 14.3 Å². The molecule has 122 valence electrons. The Balaban J connectivity index is 3.06. The van der Waals surface area contributed by atoms with E-state index < -0.39 is 11.8 Å². The summed E-state index contributed by atoms with van der Waals surface area (Å²) in [4.78, 5) is 16.6. The second-order valence-electron chi connectivity index (χ2n) is 5.97. The molecule has 9 nitrogen and oxygen atoms in total. The van der Waals surface area contributed by atoms with E-state index in [4.69, 9.17) is 20.5 Å². The van der Waals surface area contributed by atoms with E-state index in [-0.39, 0.29) is 36.4 Å². The Kier molecular flexibility index (Phi) is 6.05. The first-order chi connectivity index (χ1) is 10.3. The van der Waals surface area contributed by atoms with Crippen LogP contribution in [0.4, 0.5) is 0 Å². The van der Waals surface area contributed by atoms with E-state index in [0.29, 0.717) is 0 Å². The van der Waals surface area contributed by atoms with Gasteiger partial charge in [-0.05, 0) is 29.8 Å². The zero-order chi connectivity index (χ0) is 16.9. The van der Waals surface area contributed by atoms with E-state index >= 15 is 0 Å². The quantitative estimate of drug-likeness (QED) is 0.332. The van der Waals surface area contributed by atoms with Gasteiger partial charge >= 0.3 is 5.97 Å². The van der Waals surface area contributed by atoms with Crippen molar-refractivity contribution in [2.75, 3.05) is 6.61 Å². The van der Waals surface area contributed by atoms with Gasteiger partial charge in [-0.1, -0.05) is 31.0 Å². The Morgan fingerprint density at radius 2 is 2.00 bits per heavy atom. The lowest BCUT2D eigenvalue weighted by Crippen LogP contribution is -2.56. The average Bonchev–Trinajstić information content (AvgIpc) is 2.45. The summed E-state index contributed by atoms with van der Waals surface area (Å²) in [5.41, 5.74) is 16.3. The van der Waals surface area contributed by atoms with Gasteiger partial charge in [0.1, 0.15) is 0 Å². The van der Waals surface area contributed by atoms with Crippen LogP contribution in [0.15, 0.2) is 10.2 Å². The number of hydrogen-bond donors (Lipinski definition) is 0. The molecule has 1 aliphatic rings. The van der Waals surface area contributed by atoms with Crippen LogP contribution in [0.3, 0.4) is 0 Å². The predicted molar refractivity (Wildman–Crippen MR) is 79.5 cm³/mol. The van der Waals surface area contributed by atoms with Crippen molar-refractivity contribution in [3.8, 4) is 0 Å². The minimum Gasteiger partial charge on any atom is -0.465 e. The maximum absolute atomic E-state index is 11.0. The molecule has 0 aromatic carbocycles. The van der Waals surface area contributed by atoms with Crippen molar-refractivity contribution in [2.24, 2.45) is 28.0 Å². The van der Waals surface area contributed by atoms with Crippen molar-refractivity contribution in [3.05, 3.63) is 20.9 Å². The van der Waals surface area contributed by atoms with Gasteiger partial charge in [-0.2, -0.15) is 0 Å². The topological polar surface area (TPSA) is 133 Å². The smallest absolute Gasteiger partial charge is 0.302 e. The lowest BCUT2D eigenvalue weighted by Gasteiger charge is -2.49. The highest BCUT2D eigenvalue weighted by Gasteiger charge is 2.49. The van der Waals surface area contributed by atoms with Crippen LogP contribution >= 0.6 is 0 Å². The lowest BCUT2D eigenvalue weighted by molar-refractivity contribution is -0.191. The number of esters is 1. The van der Waals surface area contributed by atoms with Crippen molar-refractivity contribution in [1.29, 1.82) is 0 Å². The zero-order valence-corrected chi connectivity index (χ0v) is 13.5. The average molecular weight is 310 g/mol. The van der Waals surface area contributed by atoms with Crippen molar-refractivity contribution in [1.82, 2.24) is 0 Å². The molecule has 0 radical (unpaired) electrons. The number of nitrogens with zero attached hydrogens (tertiary/aromatic N) is 6. The zero-order valence-electron chi connectivity index (χ0n) is 13.5. The van der Waals surface area contributed by atoms with Gasteiger partial charge in [-0.3, -0.25) is 4.79 Å². The van der Waals surface area contributed by atoms with Gasteiger partial charge in [0.2, 0.25) is 0 Å². The molecule has 0 N–H and O–H groups in total. The van der Waals surface area contributed by atoms with Gasteiger partial charge < -0.3 is 9.47 Å². The Labute approximate surface area is 129 Å². The number of carbonyl (C=O) groups excluding carboxylic acids is 1. The van der Waals surface area contributed by atoms with E-state index in [9.17, 15) is 4.79 Å². The van der Waals surface area contributed by atoms with E-state index in [1.54, 1.807) is 6.92 Å². The van der Waals surface area contributed by atoms with Crippen LogP contribution in [0.1, 0.15) is 34.6 Å². The molecule has 1 aliphatic heterocycles. The monoisotopic (exact) mass is 310 g/mol. The van der Waals surface area contributed by atoms with Gasteiger partial charge in [0, 0.05) is 22.7 Å². The fourth-order valence-electron chi connectivity index (χ4n) is 2.94. The molecule has 1 rings (SSSR count). The summed E-state index contributed by atoms with van der Waals surface area (Å²) in [6.45, 7) is 9.00. The fraction of sp³-hybridized carbons (Fsp3) is 0.923. The molecule has 0 aromatic rings. The molecule has 9 heteroatoms. The number of ether oxygens (including phenoxy) is 2. The van der Waals surface area contributed by atoms with Crippen molar-refractivity contribution >= 4 is 5.97 Å². The Hall–Kier alpha value is -1.95. The number of hydrogen-bond acceptors (Lipinski definition) is 5. The van der Waals surface area contributed by atoms with Crippen molar-refractivity contribution in [2.45, 2.75) is 52.5 Å². The van der Waals surface area contributed by atoms with Gasteiger partial charge in [-0.15, -0.1) is 0 Å². The summed E-state index contributed by atoms with van der Waals surface area (Å²) in [6.07, 6.45) is -0.282. The lowest BCUT2D eigenvalue weighted by atomic mass is 9.75. The van der Waals surface area contributed by atoms with Gasteiger partial charge in [0.05, 0.1) is 18.8 Å². The molecule has 1 fully saturated rings. The van der Waals surface area contributed by atoms with Crippen molar-refractivity contribution < 1.29 is 14.3 Å². The molecule has 0 spiro atoms. The van der Waals surface area contributed by atoms with E-state index in [1.807, 2.05) is 20.8 Å². The molecule has 6 atom stereocenters. The summed E-state index contributed by atoms with van der Waals surface area (Å²) >= 11 is 0. The third-order valence-electron chi connectivity index (χ3n) is 4.30. The van der Waals surface area contributed by atoms with E-state index in [2.05, 4.69) is 20.1 Å². The first kappa shape index (κ1) is 18.1. The summed E-state index contributed by atoms with van der Waals surface area (Å²) in [7, 11) is 0. The normalized spacial score (nSPS) is 35.7. The van der Waals surface area contributed by atoms with E-state index in [0.717, 1.165) is 0 Å². The molecule has 0 bridgehead atoms. The van der Waals surface area contributed by atoms with Gasteiger partial charge in [0.15, 0.2) is 5.72 Å². The highest BCUT2D eigenvalue weighted by Crippen LogP contribution is 2.42. The van der Waals surface area contributed by atoms with Crippen LogP contribution in [-0.4, -0.2) is 30.4 Å². The second kappa shape index (κ2) is 7.35. The molecule has 0 aliphatic carbocycles. The van der Waals surface area contributed by atoms with Crippen LogP contribution in [0, 0.1) is 17.8 Å². The van der Waals surface area contributed by atoms with E-state index in [1.165, 1.54) is 6.92 Å². The second-order valence-corrected chi connectivity index (χ2v) is 5.97. The summed E-state index contributed by atoms with van der Waals surface area (Å²) in [5.74, 6) is -0.442. The summed E-state index contributed by atoms with van der Waals surface area (Å²) < 4.78 is 11.0. The summed E-state index contributed by atoms with van der Waals surface area (Å²) in [6, 6.07) is -0.597. The van der Waals surface area contributed by atoms with Gasteiger partial charge in [0.25, 0.3) is 0 Å². The predicted octanol–water partition coefficient (Wildman–Crippen LogP) is 3.56. The standard InChI is InChI=1S/C13H22N6O3/c1-7(6-21-10(4)20)11-8(2)9(3)12(16-18-14)13(5,22-11)17-19-15/h7-9,11-12H,6H2,1-5H3/t7-,8-,9+,11?,12?,13-/m1/s1. The highest BCUT2D eigenvalue weighted by atomic mass is 16.5. The maximum atomic E-state index is 11.0. The van der Waals surface area contributed by atoms with Crippen LogP contribution in [0.25, 0.3) is 20.9 Å². The van der Waals surface area contributed by atoms with Crippen LogP contribution < -0.4 is 0 Å². The van der Waals surface area contributed by atoms with Crippen LogP contribution in [0.2, 0.25) is 0 Å². The summed E-state index contributed by atoms with van der Waals surface area (Å²) in [5, 5.41) is 7.47. The SMILES string of the molecule is CC(=O)OC[C@@H](C)C1O[C@@](C)(N=[N+]=[N-])C(N=[N+]=[N-])[C@@H](C)[C@H]1C. The molecule has 0 saturated carbocycles. The molecule has 22 heavy (non-hydrogen) atoms. The highest BCUT2D eigenvalue weighted by molar-refractivity contribution is 5.65. The number of azide groups is 2. The third-order valence-corrected chi connectivity index (χ3v) is 4.30.